The zero-order valence-electron chi connectivity index (χ0n) is 12.5. The Hall–Kier alpha value is -0.770. The van der Waals surface area contributed by atoms with Crippen LogP contribution in [-0.4, -0.2) is 34.6 Å². The molecule has 0 bridgehead atoms. The van der Waals surface area contributed by atoms with Crippen LogP contribution in [0.4, 0.5) is 0 Å². The first-order chi connectivity index (χ1) is 10.6. The summed E-state index contributed by atoms with van der Waals surface area (Å²) in [5, 5.41) is 10.9. The highest BCUT2D eigenvalue weighted by atomic mass is 35.5. The Kier molecular flexibility index (Phi) is 4.96. The van der Waals surface area contributed by atoms with Crippen molar-refractivity contribution in [1.29, 1.82) is 0 Å². The Morgan fingerprint density at radius 2 is 1.73 bits per heavy atom. The van der Waals surface area contributed by atoms with Gasteiger partial charge < -0.3 is 10.0 Å². The van der Waals surface area contributed by atoms with Crippen molar-refractivity contribution in [3.05, 3.63) is 33.8 Å². The van der Waals surface area contributed by atoms with E-state index in [9.17, 15) is 9.90 Å². The lowest BCUT2D eigenvalue weighted by atomic mass is 9.92. The van der Waals surface area contributed by atoms with E-state index < -0.39 is 0 Å². The lowest BCUT2D eigenvalue weighted by Crippen LogP contribution is -2.41. The number of aliphatic hydroxyl groups is 1. The Morgan fingerprint density at radius 3 is 2.36 bits per heavy atom. The highest BCUT2D eigenvalue weighted by Crippen LogP contribution is 2.33. The van der Waals surface area contributed by atoms with Crippen LogP contribution in [-0.2, 0) is 11.2 Å². The molecule has 1 heterocycles. The molecule has 1 aromatic carbocycles. The van der Waals surface area contributed by atoms with Gasteiger partial charge in [0.2, 0.25) is 5.91 Å². The Bertz CT molecular complexity index is 535. The number of benzene rings is 1. The van der Waals surface area contributed by atoms with Gasteiger partial charge in [-0.3, -0.25) is 4.79 Å². The number of likely N-dealkylation sites (tertiary alicyclic amines) is 1. The molecule has 3 nitrogen and oxygen atoms in total. The van der Waals surface area contributed by atoms with Crippen LogP contribution in [0.25, 0.3) is 0 Å². The first-order valence-electron chi connectivity index (χ1n) is 7.97. The number of aliphatic hydroxyl groups excluding tert-OH is 1. The van der Waals surface area contributed by atoms with Crippen molar-refractivity contribution in [2.75, 3.05) is 6.54 Å². The second-order valence-electron chi connectivity index (χ2n) is 6.38. The van der Waals surface area contributed by atoms with E-state index in [4.69, 9.17) is 23.2 Å². The van der Waals surface area contributed by atoms with Crippen molar-refractivity contribution in [1.82, 2.24) is 4.90 Å². The molecule has 120 valence electrons. The van der Waals surface area contributed by atoms with Crippen LogP contribution in [0, 0.1) is 5.92 Å². The molecular formula is C17H21Cl2NO2. The summed E-state index contributed by atoms with van der Waals surface area (Å²) in [6, 6.07) is 5.76. The molecule has 1 amide bonds. The van der Waals surface area contributed by atoms with Gasteiger partial charge in [0.15, 0.2) is 0 Å². The van der Waals surface area contributed by atoms with Gasteiger partial charge in [-0.25, -0.2) is 0 Å². The first kappa shape index (κ1) is 16.1. The fourth-order valence-corrected chi connectivity index (χ4v) is 4.21. The molecule has 1 N–H and O–H groups in total. The number of carbonyl (C=O) groups is 1. The van der Waals surface area contributed by atoms with Crippen molar-refractivity contribution >= 4 is 29.1 Å². The minimum atomic E-state index is -0.188. The monoisotopic (exact) mass is 341 g/mol. The number of halogens is 2. The quantitative estimate of drug-likeness (QED) is 0.910. The van der Waals surface area contributed by atoms with E-state index in [-0.39, 0.29) is 17.9 Å². The molecule has 5 heteroatoms. The highest BCUT2D eigenvalue weighted by molar-refractivity contribution is 6.36. The Labute approximate surface area is 141 Å². The van der Waals surface area contributed by atoms with Crippen LogP contribution in [0.15, 0.2) is 18.2 Å². The maximum Gasteiger partial charge on any atom is 0.226 e. The number of carbonyl (C=O) groups excluding carboxylic acids is 1. The van der Waals surface area contributed by atoms with E-state index in [1.807, 2.05) is 23.1 Å². The lowest BCUT2D eigenvalue weighted by Gasteiger charge is -2.33. The minimum Gasteiger partial charge on any atom is -0.393 e. The van der Waals surface area contributed by atoms with Crippen molar-refractivity contribution in [2.45, 2.75) is 50.7 Å². The number of nitrogens with zero attached hydrogens (tertiary/aromatic N) is 1. The molecule has 1 atom stereocenters. The van der Waals surface area contributed by atoms with Crippen molar-refractivity contribution in [3.63, 3.8) is 0 Å². The van der Waals surface area contributed by atoms with Gasteiger partial charge in [0.25, 0.3) is 0 Å². The van der Waals surface area contributed by atoms with E-state index in [1.165, 1.54) is 0 Å². The largest absolute Gasteiger partial charge is 0.393 e. The van der Waals surface area contributed by atoms with Gasteiger partial charge in [-0.2, -0.15) is 0 Å². The fraction of sp³-hybridized carbons (Fsp3) is 0.588. The summed E-state index contributed by atoms with van der Waals surface area (Å²) in [4.78, 5) is 14.7. The van der Waals surface area contributed by atoms with E-state index in [2.05, 4.69) is 0 Å². The third-order valence-electron chi connectivity index (χ3n) is 4.97. The van der Waals surface area contributed by atoms with E-state index in [0.29, 0.717) is 22.5 Å². The van der Waals surface area contributed by atoms with Gasteiger partial charge in [-0.05, 0) is 56.2 Å². The molecule has 3 rings (SSSR count). The standard InChI is InChI=1S/C17H21Cl2NO2/c18-15-2-1-3-16(19)14(15)10-11-8-9-20(17(11)22)12-4-6-13(21)7-5-12/h1-3,11-13,21H,4-10H2. The van der Waals surface area contributed by atoms with Gasteiger partial charge in [0.05, 0.1) is 6.10 Å². The third-order valence-corrected chi connectivity index (χ3v) is 5.68. The number of rotatable bonds is 3. The summed E-state index contributed by atoms with van der Waals surface area (Å²) in [6.07, 6.45) is 4.71. The maximum absolute atomic E-state index is 12.7. The summed E-state index contributed by atoms with van der Waals surface area (Å²) in [6.45, 7) is 0.812. The van der Waals surface area contributed by atoms with Crippen LogP contribution >= 0.6 is 23.2 Å². The number of hydrogen-bond donors (Lipinski definition) is 1. The summed E-state index contributed by atoms with van der Waals surface area (Å²) in [5.41, 5.74) is 0.880. The van der Waals surface area contributed by atoms with Gasteiger partial charge in [-0.1, -0.05) is 29.3 Å². The Balaban J connectivity index is 1.66. The number of hydrogen-bond acceptors (Lipinski definition) is 2. The topological polar surface area (TPSA) is 40.5 Å². The zero-order chi connectivity index (χ0) is 15.7. The fourth-order valence-electron chi connectivity index (χ4n) is 3.66. The van der Waals surface area contributed by atoms with Gasteiger partial charge >= 0.3 is 0 Å². The smallest absolute Gasteiger partial charge is 0.226 e. The molecule has 0 spiro atoms. The van der Waals surface area contributed by atoms with Crippen LogP contribution < -0.4 is 0 Å². The average molecular weight is 342 g/mol. The summed E-state index contributed by atoms with van der Waals surface area (Å²) in [5.74, 6) is 0.196. The SMILES string of the molecule is O=C1C(Cc2c(Cl)cccc2Cl)CCN1C1CCC(O)CC1. The Morgan fingerprint density at radius 1 is 1.09 bits per heavy atom. The normalized spacial score (nSPS) is 29.1. The molecule has 0 aromatic heterocycles. The second kappa shape index (κ2) is 6.77. The number of amides is 1. The summed E-state index contributed by atoms with van der Waals surface area (Å²) in [7, 11) is 0. The van der Waals surface area contributed by atoms with Gasteiger partial charge in [0.1, 0.15) is 0 Å². The van der Waals surface area contributed by atoms with Gasteiger partial charge in [0, 0.05) is 28.5 Å². The molecule has 1 unspecified atom stereocenters. The van der Waals surface area contributed by atoms with E-state index in [0.717, 1.165) is 44.2 Å². The van der Waals surface area contributed by atoms with Crippen LogP contribution in [0.3, 0.4) is 0 Å². The highest BCUT2D eigenvalue weighted by Gasteiger charge is 2.37. The van der Waals surface area contributed by atoms with E-state index in [1.54, 1.807) is 0 Å². The molecule has 1 saturated carbocycles. The zero-order valence-corrected chi connectivity index (χ0v) is 14.0. The van der Waals surface area contributed by atoms with Crippen molar-refractivity contribution < 1.29 is 9.90 Å². The molecule has 1 saturated heterocycles. The molecule has 1 aliphatic heterocycles. The molecular weight excluding hydrogens is 321 g/mol. The molecule has 2 aliphatic rings. The second-order valence-corrected chi connectivity index (χ2v) is 7.20. The molecule has 1 aliphatic carbocycles. The predicted molar refractivity (Wildman–Crippen MR) is 88.2 cm³/mol. The van der Waals surface area contributed by atoms with Crippen molar-refractivity contribution in [2.24, 2.45) is 5.92 Å². The molecule has 22 heavy (non-hydrogen) atoms. The average Bonchev–Trinajstić information content (AvgIpc) is 2.85. The van der Waals surface area contributed by atoms with Crippen LogP contribution in [0.5, 0.6) is 0 Å². The van der Waals surface area contributed by atoms with Crippen LogP contribution in [0.1, 0.15) is 37.7 Å². The molecule has 0 radical (unpaired) electrons. The molecule has 1 aromatic rings. The first-order valence-corrected chi connectivity index (χ1v) is 8.73. The predicted octanol–water partition coefficient (Wildman–Crippen LogP) is 3.69. The van der Waals surface area contributed by atoms with E-state index >= 15 is 0 Å². The summed E-state index contributed by atoms with van der Waals surface area (Å²) < 4.78 is 0. The third kappa shape index (κ3) is 3.27. The lowest BCUT2D eigenvalue weighted by molar-refractivity contribution is -0.133. The van der Waals surface area contributed by atoms with Crippen molar-refractivity contribution in [3.8, 4) is 0 Å². The van der Waals surface area contributed by atoms with Crippen LogP contribution in [0.2, 0.25) is 10.0 Å². The molecule has 2 fully saturated rings. The summed E-state index contributed by atoms with van der Waals surface area (Å²) >= 11 is 12.4. The minimum absolute atomic E-state index is 0.0238. The maximum atomic E-state index is 12.7. The van der Waals surface area contributed by atoms with Gasteiger partial charge in [-0.15, -0.1) is 0 Å².